The quantitative estimate of drug-likeness (QED) is 0.178. The van der Waals surface area contributed by atoms with E-state index < -0.39 is 0 Å². The Kier molecular flexibility index (Phi) is 16.2. The van der Waals surface area contributed by atoms with E-state index in [-0.39, 0.29) is 0 Å². The summed E-state index contributed by atoms with van der Waals surface area (Å²) in [6.45, 7) is 18.0. The van der Waals surface area contributed by atoms with Crippen LogP contribution >= 0.6 is 0 Å². The second-order valence-electron chi connectivity index (χ2n) is 8.91. The number of hydrogen-bond donors (Lipinski definition) is 1. The summed E-state index contributed by atoms with van der Waals surface area (Å²) in [5, 5.41) is 1.86. The maximum atomic E-state index is 6.03. The minimum Gasteiger partial charge on any atom is -0.388 e. The van der Waals surface area contributed by atoms with Crippen molar-refractivity contribution in [3.63, 3.8) is 0 Å². The Balaban J connectivity index is 0.000000340. The number of rotatable bonds is 14. The van der Waals surface area contributed by atoms with Gasteiger partial charge in [-0.15, -0.1) is 5.06 Å². The lowest BCUT2D eigenvalue weighted by molar-refractivity contribution is -0.114. The van der Waals surface area contributed by atoms with Gasteiger partial charge in [0, 0.05) is 49.7 Å². The highest BCUT2D eigenvalue weighted by Gasteiger charge is 2.20. The fraction of sp³-hybridized carbons (Fsp3) is 0.690. The number of hydroxylamine groups is 2. The first-order valence-electron chi connectivity index (χ1n) is 13.8. The van der Waals surface area contributed by atoms with Gasteiger partial charge in [0.15, 0.2) is 0 Å². The maximum absolute atomic E-state index is 6.03. The number of benzene rings is 1. The first-order chi connectivity index (χ1) is 16.6. The van der Waals surface area contributed by atoms with E-state index in [1.54, 1.807) is 0 Å². The zero-order chi connectivity index (χ0) is 25.2. The number of aliphatic imine (C=N–C) groups is 1. The van der Waals surface area contributed by atoms with E-state index in [1.165, 1.54) is 50.0 Å². The van der Waals surface area contributed by atoms with Crippen LogP contribution in [0.1, 0.15) is 98.5 Å². The lowest BCUT2D eigenvalue weighted by Crippen LogP contribution is -2.26. The van der Waals surface area contributed by atoms with Crippen molar-refractivity contribution in [1.29, 1.82) is 0 Å². The van der Waals surface area contributed by atoms with Gasteiger partial charge < -0.3 is 15.5 Å². The Morgan fingerprint density at radius 1 is 0.912 bits per heavy atom. The Labute approximate surface area is 210 Å². The molecule has 0 bridgehead atoms. The predicted octanol–water partition coefficient (Wildman–Crippen LogP) is 7.12. The smallest absolute Gasteiger partial charge is 0.214 e. The molecule has 1 aliphatic rings. The van der Waals surface area contributed by atoms with Crippen molar-refractivity contribution in [2.24, 2.45) is 10.7 Å². The third-order valence-corrected chi connectivity index (χ3v) is 6.18. The van der Waals surface area contributed by atoms with Crippen LogP contribution in [-0.4, -0.2) is 43.5 Å². The molecule has 2 rings (SSSR count). The van der Waals surface area contributed by atoms with Crippen molar-refractivity contribution in [2.75, 3.05) is 37.6 Å². The number of hydrogen-bond acceptors (Lipinski definition) is 5. The van der Waals surface area contributed by atoms with Gasteiger partial charge in [0.05, 0.1) is 0 Å². The zero-order valence-corrected chi connectivity index (χ0v) is 23.0. The molecule has 1 aromatic carbocycles. The van der Waals surface area contributed by atoms with Crippen LogP contribution in [0.3, 0.4) is 0 Å². The van der Waals surface area contributed by atoms with Gasteiger partial charge in [-0.1, -0.05) is 58.7 Å². The van der Waals surface area contributed by atoms with Crippen LogP contribution in [0.25, 0.3) is 0 Å². The molecule has 0 heterocycles. The molecule has 0 spiro atoms. The van der Waals surface area contributed by atoms with Crippen LogP contribution in [0.2, 0.25) is 0 Å². The third kappa shape index (κ3) is 10.5. The Morgan fingerprint density at radius 2 is 1.65 bits per heavy atom. The fourth-order valence-corrected chi connectivity index (χ4v) is 4.25. The molecule has 0 saturated heterocycles. The molecule has 34 heavy (non-hydrogen) atoms. The molecule has 5 heteroatoms. The number of allylic oxidation sites excluding steroid dienone is 1. The number of unbranched alkanes of at least 4 members (excludes halogenated alkanes) is 2. The summed E-state index contributed by atoms with van der Waals surface area (Å²) in [4.78, 5) is 12.8. The lowest BCUT2D eigenvalue weighted by atomic mass is 10.1. The van der Waals surface area contributed by atoms with Gasteiger partial charge in [-0.3, -0.25) is 4.99 Å². The molecule has 5 nitrogen and oxygen atoms in total. The molecular weight excluding hydrogens is 420 g/mol. The highest BCUT2D eigenvalue weighted by Crippen LogP contribution is 2.24. The van der Waals surface area contributed by atoms with E-state index in [0.717, 1.165) is 63.0 Å². The third-order valence-electron chi connectivity index (χ3n) is 6.18. The average molecular weight is 473 g/mol. The number of nitrogens with zero attached hydrogens (tertiary/aromatic N) is 3. The van der Waals surface area contributed by atoms with Crippen LogP contribution in [-0.2, 0) is 11.3 Å². The van der Waals surface area contributed by atoms with E-state index in [4.69, 9.17) is 10.6 Å². The second-order valence-corrected chi connectivity index (χ2v) is 8.91. The summed E-state index contributed by atoms with van der Waals surface area (Å²) in [6.07, 6.45) is 10.6. The van der Waals surface area contributed by atoms with Gasteiger partial charge in [0.25, 0.3) is 0 Å². The number of nitrogens with two attached hydrogens (primary N) is 1. The molecule has 0 amide bonds. The van der Waals surface area contributed by atoms with E-state index in [9.17, 15) is 0 Å². The molecular formula is C29H52N4O. The van der Waals surface area contributed by atoms with Crippen LogP contribution in [0.4, 0.5) is 5.69 Å². The minimum atomic E-state index is 0.543. The fourth-order valence-electron chi connectivity index (χ4n) is 4.25. The molecule has 194 valence electrons. The molecule has 0 atom stereocenters. The molecule has 2 N–H and O–H groups in total. The molecule has 1 saturated carbocycles. The summed E-state index contributed by atoms with van der Waals surface area (Å²) in [5.74, 6) is 0.543. The number of anilines is 1. The largest absolute Gasteiger partial charge is 0.388 e. The van der Waals surface area contributed by atoms with E-state index in [1.807, 2.05) is 5.06 Å². The van der Waals surface area contributed by atoms with Gasteiger partial charge >= 0.3 is 0 Å². The molecule has 0 aliphatic heterocycles. The Bertz CT molecular complexity index is 725. The van der Waals surface area contributed by atoms with Crippen molar-refractivity contribution in [3.05, 3.63) is 41.3 Å². The molecule has 0 unspecified atom stereocenters. The van der Waals surface area contributed by atoms with Gasteiger partial charge in [-0.05, 0) is 70.4 Å². The van der Waals surface area contributed by atoms with Crippen molar-refractivity contribution in [2.45, 2.75) is 99.3 Å². The summed E-state index contributed by atoms with van der Waals surface area (Å²) < 4.78 is 0. The van der Waals surface area contributed by atoms with Crippen LogP contribution in [0, 0.1) is 0 Å². The predicted molar refractivity (Wildman–Crippen MR) is 150 cm³/mol. The van der Waals surface area contributed by atoms with Crippen LogP contribution in [0.15, 0.2) is 40.7 Å². The summed E-state index contributed by atoms with van der Waals surface area (Å²) in [5.41, 5.74) is 11.2. The topological polar surface area (TPSA) is 54.1 Å². The highest BCUT2D eigenvalue weighted by molar-refractivity contribution is 6.02. The Morgan fingerprint density at radius 3 is 2.26 bits per heavy atom. The average Bonchev–Trinajstić information content (AvgIpc) is 3.34. The molecule has 0 aromatic heterocycles. The molecule has 0 radical (unpaired) electrons. The van der Waals surface area contributed by atoms with E-state index in [0.29, 0.717) is 5.88 Å². The van der Waals surface area contributed by atoms with E-state index >= 15 is 0 Å². The maximum Gasteiger partial charge on any atom is 0.214 e. The minimum absolute atomic E-state index is 0.543. The second kappa shape index (κ2) is 18.3. The van der Waals surface area contributed by atoms with Crippen molar-refractivity contribution in [1.82, 2.24) is 5.06 Å². The van der Waals surface area contributed by atoms with Crippen LogP contribution < -0.4 is 10.6 Å². The Hall–Kier alpha value is -2.01. The van der Waals surface area contributed by atoms with Crippen molar-refractivity contribution < 1.29 is 4.84 Å². The van der Waals surface area contributed by atoms with Gasteiger partial charge in [-0.2, -0.15) is 0 Å². The molecule has 1 fully saturated rings. The molecule has 1 aromatic rings. The lowest BCUT2D eigenvalue weighted by Gasteiger charge is -2.26. The summed E-state index contributed by atoms with van der Waals surface area (Å²) in [7, 11) is 0. The number of aryl methyl sites for hydroxylation is 1. The van der Waals surface area contributed by atoms with Crippen molar-refractivity contribution in [3.8, 4) is 0 Å². The standard InChI is InChI=1S/C16H27N.C13H25N3O/c1-4-7-10-14-17(13-5-2)16-12-9-8-11-15(16)6-3;1-4-10-15-12-9-7-8-11(12)13(14)17-16(5-2)6-3/h8-9,11-12H,4-7,10,13-14H2,1-3H3;4-10,14H2,1-3H3/b;13-11+,15-12?. The van der Waals surface area contributed by atoms with Crippen molar-refractivity contribution >= 4 is 11.4 Å². The first-order valence-corrected chi connectivity index (χ1v) is 13.8. The van der Waals surface area contributed by atoms with E-state index in [2.05, 4.69) is 75.7 Å². The van der Waals surface area contributed by atoms with Gasteiger partial charge in [0.1, 0.15) is 0 Å². The number of para-hydroxylation sites is 1. The highest BCUT2D eigenvalue weighted by atomic mass is 16.7. The summed E-state index contributed by atoms with van der Waals surface area (Å²) in [6, 6.07) is 8.85. The first kappa shape index (κ1) is 30.0. The van der Waals surface area contributed by atoms with Gasteiger partial charge in [0.2, 0.25) is 5.88 Å². The zero-order valence-electron chi connectivity index (χ0n) is 23.0. The monoisotopic (exact) mass is 472 g/mol. The normalized spacial score (nSPS) is 15.9. The molecule has 1 aliphatic carbocycles. The summed E-state index contributed by atoms with van der Waals surface area (Å²) >= 11 is 0. The SMILES string of the molecule is CCCCCN(CCC)c1ccccc1CC.CCCN=C1CCC/C1=C(/N)ON(CC)CC. The van der Waals surface area contributed by atoms with Crippen LogP contribution in [0.5, 0.6) is 0 Å². The van der Waals surface area contributed by atoms with Gasteiger partial charge in [-0.25, -0.2) is 0 Å².